The van der Waals surface area contributed by atoms with Crippen molar-refractivity contribution >= 4 is 33.4 Å². The van der Waals surface area contributed by atoms with Crippen molar-refractivity contribution in [2.24, 2.45) is 0 Å². The second-order valence-electron chi connectivity index (χ2n) is 8.30. The number of rotatable bonds is 3. The first-order valence-electron chi connectivity index (χ1n) is 10.7. The van der Waals surface area contributed by atoms with E-state index >= 15 is 0 Å². The van der Waals surface area contributed by atoms with Gasteiger partial charge in [-0.2, -0.15) is 18.4 Å². The summed E-state index contributed by atoms with van der Waals surface area (Å²) in [6.45, 7) is 0. The van der Waals surface area contributed by atoms with Gasteiger partial charge in [0.15, 0.2) is 15.6 Å². The van der Waals surface area contributed by atoms with Crippen LogP contribution in [0.5, 0.6) is 0 Å². The van der Waals surface area contributed by atoms with Gasteiger partial charge in [-0.15, -0.1) is 0 Å². The number of nitriles is 1. The van der Waals surface area contributed by atoms with E-state index in [0.717, 1.165) is 23.4 Å². The van der Waals surface area contributed by atoms with Crippen LogP contribution < -0.4 is 10.2 Å². The van der Waals surface area contributed by atoms with Crippen molar-refractivity contribution in [1.82, 2.24) is 15.2 Å². The molecule has 0 spiro atoms. The zero-order chi connectivity index (χ0) is 27.3. The monoisotopic (exact) mass is 533 g/mol. The molecule has 2 aliphatic rings. The smallest absolute Gasteiger partial charge is 0.341 e. The van der Waals surface area contributed by atoms with Crippen LogP contribution in [0.25, 0.3) is 0 Å². The molecule has 0 saturated heterocycles. The molecule has 4 amide bonds. The number of sulfone groups is 1. The summed E-state index contributed by atoms with van der Waals surface area (Å²) in [6.07, 6.45) is -2.51. The van der Waals surface area contributed by atoms with E-state index in [-0.39, 0.29) is 45.8 Å². The molecular formula is C23H18F3N5O5S. The highest BCUT2D eigenvalue weighted by molar-refractivity contribution is 7.90. The molecule has 0 saturated carbocycles. The van der Waals surface area contributed by atoms with Crippen molar-refractivity contribution < 1.29 is 36.0 Å². The van der Waals surface area contributed by atoms with Crippen LogP contribution in [0.4, 0.5) is 28.4 Å². The van der Waals surface area contributed by atoms with Crippen molar-refractivity contribution in [3.63, 3.8) is 0 Å². The molecule has 1 aromatic carbocycles. The number of aromatic nitrogens is 1. The second kappa shape index (κ2) is 9.00. The Morgan fingerprint density at radius 3 is 2.49 bits per heavy atom. The minimum atomic E-state index is -4.78. The number of allylic oxidation sites excluding steroid dienone is 1. The number of hydrogen-bond donors (Lipinski definition) is 1. The zero-order valence-corrected chi connectivity index (χ0v) is 20.1. The average Bonchev–Trinajstić information content (AvgIpc) is 3.22. The maximum atomic E-state index is 13.7. The lowest BCUT2D eigenvalue weighted by Crippen LogP contribution is -2.55. The molecule has 1 aliphatic carbocycles. The number of nitrogens with one attached hydrogen (secondary N) is 1. The van der Waals surface area contributed by atoms with Crippen LogP contribution in [0, 0.1) is 11.3 Å². The number of carbonyl (C=O) groups is 3. The van der Waals surface area contributed by atoms with Crippen molar-refractivity contribution in [3.05, 3.63) is 64.6 Å². The number of nitrogens with zero attached hydrogens (tertiary/aromatic N) is 4. The number of halogens is 3. The lowest BCUT2D eigenvalue weighted by molar-refractivity contribution is -0.137. The van der Waals surface area contributed by atoms with Gasteiger partial charge in [-0.05, 0) is 30.2 Å². The number of ketones is 1. The highest BCUT2D eigenvalue weighted by Gasteiger charge is 2.49. The van der Waals surface area contributed by atoms with Crippen molar-refractivity contribution in [1.29, 1.82) is 5.26 Å². The van der Waals surface area contributed by atoms with Crippen molar-refractivity contribution in [2.75, 3.05) is 18.2 Å². The van der Waals surface area contributed by atoms with Gasteiger partial charge in [-0.1, -0.05) is 6.07 Å². The molecule has 4 rings (SSSR count). The highest BCUT2D eigenvalue weighted by Crippen LogP contribution is 2.46. The molecule has 0 bridgehead atoms. The summed E-state index contributed by atoms with van der Waals surface area (Å²) in [5.74, 6) is -0.518. The van der Waals surface area contributed by atoms with Crippen molar-refractivity contribution in [3.8, 4) is 6.07 Å². The Labute approximate surface area is 208 Å². The summed E-state index contributed by atoms with van der Waals surface area (Å²) in [5, 5.41) is 11.5. The summed E-state index contributed by atoms with van der Waals surface area (Å²) in [7, 11) is -2.83. The molecule has 37 heavy (non-hydrogen) atoms. The highest BCUT2D eigenvalue weighted by atomic mass is 32.2. The molecule has 2 aromatic rings. The molecule has 1 aliphatic heterocycles. The topological polar surface area (TPSA) is 141 Å². The molecule has 0 fully saturated rings. The first-order valence-corrected chi connectivity index (χ1v) is 12.6. The maximum absolute atomic E-state index is 13.7. The molecule has 2 heterocycles. The van der Waals surface area contributed by atoms with Gasteiger partial charge in [0.05, 0.1) is 34.0 Å². The lowest BCUT2D eigenvalue weighted by atomic mass is 9.92. The number of alkyl halides is 3. The van der Waals surface area contributed by atoms with Crippen molar-refractivity contribution in [2.45, 2.75) is 30.0 Å². The molecule has 1 N–H and O–H groups in total. The van der Waals surface area contributed by atoms with Crippen LogP contribution in [0.1, 0.15) is 35.6 Å². The fourth-order valence-corrected chi connectivity index (χ4v) is 5.36. The van der Waals surface area contributed by atoms with Gasteiger partial charge < -0.3 is 5.32 Å². The van der Waals surface area contributed by atoms with Gasteiger partial charge in [-0.25, -0.2) is 22.9 Å². The minimum Gasteiger partial charge on any atom is -0.341 e. The van der Waals surface area contributed by atoms with Crippen LogP contribution in [0.3, 0.4) is 0 Å². The number of carbonyl (C=O) groups excluding carboxylic acids is 3. The zero-order valence-electron chi connectivity index (χ0n) is 19.3. The van der Waals surface area contributed by atoms with E-state index in [0.29, 0.717) is 17.2 Å². The molecule has 1 unspecified atom stereocenters. The van der Waals surface area contributed by atoms with Crippen LogP contribution in [0.15, 0.2) is 52.8 Å². The van der Waals surface area contributed by atoms with Gasteiger partial charge in [0.2, 0.25) is 0 Å². The summed E-state index contributed by atoms with van der Waals surface area (Å²) < 4.78 is 65.4. The Hall–Kier alpha value is -4.25. The molecular weight excluding hydrogens is 515 g/mol. The standard InChI is InChI=1S/C23H18F3N5O5S/c1-28-21(33)31-20(15-4-3-12(9-27)7-18(15)37(2,35)36)19-16(5-6-17(19)32)30(22(31)34)14-8-13(10-29-11-14)23(24,25)26/h3-4,7-8,10-11,20H,5-6H2,1-2H3,(H,28,33). The SMILES string of the molecule is CNC(=O)N1C(=O)N(c2cncc(C(F)(F)F)c2)C2=C(C(=O)CC2)C1c1ccc(C#N)cc1S(C)(=O)=O. The summed E-state index contributed by atoms with van der Waals surface area (Å²) in [5.41, 5.74) is -1.67. The van der Waals surface area contributed by atoms with E-state index in [9.17, 15) is 41.2 Å². The number of hydrogen-bond acceptors (Lipinski definition) is 7. The number of amides is 4. The fraction of sp³-hybridized carbons (Fsp3) is 0.261. The minimum absolute atomic E-state index is 0.0126. The van der Waals surface area contributed by atoms with Gasteiger partial charge in [0.1, 0.15) is 6.04 Å². The van der Waals surface area contributed by atoms with Crippen LogP contribution in [-0.2, 0) is 20.8 Å². The molecule has 1 aromatic heterocycles. The Bertz CT molecular complexity index is 1530. The summed E-state index contributed by atoms with van der Waals surface area (Å²) in [6, 6.07) is 2.42. The second-order valence-corrected chi connectivity index (χ2v) is 10.3. The molecule has 0 radical (unpaired) electrons. The van der Waals surface area contributed by atoms with E-state index < -0.39 is 45.5 Å². The maximum Gasteiger partial charge on any atom is 0.417 e. The summed E-state index contributed by atoms with van der Waals surface area (Å²) >= 11 is 0. The number of imide groups is 1. The van der Waals surface area contributed by atoms with Crippen LogP contribution in [0.2, 0.25) is 0 Å². The third-order valence-corrected chi connectivity index (χ3v) is 7.13. The molecule has 192 valence electrons. The van der Waals surface area contributed by atoms with Gasteiger partial charge in [0, 0.05) is 37.2 Å². The van der Waals surface area contributed by atoms with Gasteiger partial charge >= 0.3 is 18.2 Å². The number of pyridine rings is 1. The Balaban J connectivity index is 2.03. The summed E-state index contributed by atoms with van der Waals surface area (Å²) in [4.78, 5) is 44.4. The van der Waals surface area contributed by atoms with Crippen LogP contribution >= 0.6 is 0 Å². The largest absolute Gasteiger partial charge is 0.417 e. The third-order valence-electron chi connectivity index (χ3n) is 5.98. The average molecular weight is 533 g/mol. The van der Waals surface area contributed by atoms with E-state index in [1.165, 1.54) is 19.2 Å². The number of Topliss-reactive ketones (excluding diaryl/α,β-unsaturated/α-hetero) is 1. The van der Waals surface area contributed by atoms with Gasteiger partial charge in [0.25, 0.3) is 0 Å². The van der Waals surface area contributed by atoms with E-state index in [4.69, 9.17) is 0 Å². The van der Waals surface area contributed by atoms with E-state index in [2.05, 4.69) is 10.3 Å². The van der Waals surface area contributed by atoms with Gasteiger partial charge in [-0.3, -0.25) is 14.7 Å². The molecule has 1 atom stereocenters. The number of anilines is 1. The molecule has 10 nitrogen and oxygen atoms in total. The quantitative estimate of drug-likeness (QED) is 0.638. The Morgan fingerprint density at radius 1 is 1.19 bits per heavy atom. The fourth-order valence-electron chi connectivity index (χ4n) is 4.41. The van der Waals surface area contributed by atoms with E-state index in [1.807, 2.05) is 6.07 Å². The first-order chi connectivity index (χ1) is 17.3. The number of benzene rings is 1. The van der Waals surface area contributed by atoms with E-state index in [1.54, 1.807) is 0 Å². The predicted octanol–water partition coefficient (Wildman–Crippen LogP) is 3.32. The normalized spacial score (nSPS) is 18.1. The lowest BCUT2D eigenvalue weighted by Gasteiger charge is -2.41. The third kappa shape index (κ3) is 4.42. The Morgan fingerprint density at radius 2 is 1.89 bits per heavy atom. The predicted molar refractivity (Wildman–Crippen MR) is 122 cm³/mol. The molecule has 14 heteroatoms. The first kappa shape index (κ1) is 25.8. The van der Waals surface area contributed by atoms with Crippen LogP contribution in [-0.4, -0.2) is 49.5 Å². The Kier molecular flexibility index (Phi) is 6.28. The number of urea groups is 2.